The number of hydrogen-bond acceptors (Lipinski definition) is 6. The number of Topliss-reactive ketones (excluding diaryl/α,β-unsaturated/α-hetero) is 2. The quantitative estimate of drug-likeness (QED) is 0.327. The Bertz CT molecular complexity index is 1150. The number of rotatable bonds is 9. The average Bonchev–Trinajstić information content (AvgIpc) is 2.80. The Morgan fingerprint density at radius 1 is 1.00 bits per heavy atom. The number of benzene rings is 1. The summed E-state index contributed by atoms with van der Waals surface area (Å²) in [6.07, 6.45) is 3.98. The van der Waals surface area contributed by atoms with Gasteiger partial charge in [-0.3, -0.25) is 9.59 Å². The maximum absolute atomic E-state index is 13.9. The second-order valence-corrected chi connectivity index (χ2v) is 12.4. The Labute approximate surface area is 231 Å². The molecule has 0 aromatic heterocycles. The van der Waals surface area contributed by atoms with Crippen LogP contribution in [0.2, 0.25) is 5.02 Å². The second-order valence-electron chi connectivity index (χ2n) is 12.0. The summed E-state index contributed by atoms with van der Waals surface area (Å²) < 4.78 is 17.2. The lowest BCUT2D eigenvalue weighted by atomic mass is 9.63. The second kappa shape index (κ2) is 10.9. The van der Waals surface area contributed by atoms with Crippen LogP contribution in [0.4, 0.5) is 0 Å². The van der Waals surface area contributed by atoms with E-state index in [9.17, 15) is 9.59 Å². The summed E-state index contributed by atoms with van der Waals surface area (Å²) in [4.78, 5) is 30.0. The number of allylic oxidation sites excluding steroid dienone is 4. The molecule has 0 saturated heterocycles. The first-order valence-corrected chi connectivity index (χ1v) is 13.8. The number of ether oxygens (including phenoxy) is 3. The highest BCUT2D eigenvalue weighted by Crippen LogP contribution is 2.55. The third-order valence-electron chi connectivity index (χ3n) is 7.55. The van der Waals surface area contributed by atoms with Crippen molar-refractivity contribution in [3.63, 3.8) is 0 Å². The first kappa shape index (κ1) is 28.4. The molecule has 1 aliphatic heterocycles. The fourth-order valence-electron chi connectivity index (χ4n) is 6.13. The summed E-state index contributed by atoms with van der Waals surface area (Å²) in [6.45, 7) is 15.9. The standard InChI is InChI=1S/C31H40ClNO5/c1-8-11-38-29-20(32)13-19(14-25(29)37-9-2)26-27-21(15-30(3,4)17-23(27)34)33(10-12-36-7)22-16-31(5,6)18-24(35)28(22)26/h8,13-14,26H,1,9-12,15-18H2,2-7H3. The van der Waals surface area contributed by atoms with E-state index in [2.05, 4.69) is 39.2 Å². The molecular weight excluding hydrogens is 502 g/mol. The Hall–Kier alpha value is -2.57. The minimum Gasteiger partial charge on any atom is -0.490 e. The fraction of sp³-hybridized carbons (Fsp3) is 0.548. The van der Waals surface area contributed by atoms with E-state index >= 15 is 0 Å². The first-order chi connectivity index (χ1) is 17.9. The molecule has 206 valence electrons. The van der Waals surface area contributed by atoms with E-state index in [0.29, 0.717) is 60.3 Å². The zero-order valence-electron chi connectivity index (χ0n) is 23.5. The highest BCUT2D eigenvalue weighted by Gasteiger charge is 2.49. The van der Waals surface area contributed by atoms with Gasteiger partial charge in [0.15, 0.2) is 23.1 Å². The van der Waals surface area contributed by atoms with Crippen LogP contribution in [-0.2, 0) is 14.3 Å². The summed E-state index contributed by atoms with van der Waals surface area (Å²) in [7, 11) is 1.68. The Kier molecular flexibility index (Phi) is 8.15. The van der Waals surface area contributed by atoms with Crippen LogP contribution in [0, 0.1) is 10.8 Å². The van der Waals surface area contributed by atoms with Gasteiger partial charge in [-0.1, -0.05) is 52.0 Å². The summed E-state index contributed by atoms with van der Waals surface area (Å²) in [5, 5.41) is 0.381. The molecule has 7 heteroatoms. The van der Waals surface area contributed by atoms with Gasteiger partial charge < -0.3 is 19.1 Å². The minimum atomic E-state index is -0.504. The maximum atomic E-state index is 13.9. The molecule has 1 aromatic rings. The van der Waals surface area contributed by atoms with E-state index < -0.39 is 5.92 Å². The van der Waals surface area contributed by atoms with E-state index in [-0.39, 0.29) is 29.0 Å². The normalized spacial score (nSPS) is 20.9. The predicted molar refractivity (Wildman–Crippen MR) is 150 cm³/mol. The molecule has 0 radical (unpaired) electrons. The van der Waals surface area contributed by atoms with Crippen molar-refractivity contribution in [1.29, 1.82) is 0 Å². The van der Waals surface area contributed by atoms with Crippen molar-refractivity contribution in [3.05, 3.63) is 57.9 Å². The molecular formula is C31H40ClNO5. The lowest BCUT2D eigenvalue weighted by Crippen LogP contribution is -2.45. The van der Waals surface area contributed by atoms with E-state index in [1.807, 2.05) is 19.1 Å². The molecule has 0 amide bonds. The van der Waals surface area contributed by atoms with E-state index in [1.165, 1.54) is 0 Å². The van der Waals surface area contributed by atoms with Crippen molar-refractivity contribution in [2.45, 2.75) is 66.2 Å². The fourth-order valence-corrected chi connectivity index (χ4v) is 6.41. The largest absolute Gasteiger partial charge is 0.490 e. The molecule has 38 heavy (non-hydrogen) atoms. The third kappa shape index (κ3) is 5.43. The van der Waals surface area contributed by atoms with Gasteiger partial charge in [0.25, 0.3) is 0 Å². The zero-order valence-corrected chi connectivity index (χ0v) is 24.3. The number of halogens is 1. The number of methoxy groups -OCH3 is 1. The molecule has 0 spiro atoms. The monoisotopic (exact) mass is 541 g/mol. The lowest BCUT2D eigenvalue weighted by molar-refractivity contribution is -0.119. The number of carbonyl (C=O) groups is 2. The summed E-state index contributed by atoms with van der Waals surface area (Å²) in [6, 6.07) is 3.71. The molecule has 1 heterocycles. The van der Waals surface area contributed by atoms with E-state index in [1.54, 1.807) is 13.2 Å². The number of carbonyl (C=O) groups excluding carboxylic acids is 2. The maximum Gasteiger partial charge on any atom is 0.180 e. The molecule has 1 aromatic carbocycles. The van der Waals surface area contributed by atoms with Gasteiger partial charge in [0, 0.05) is 55.0 Å². The first-order valence-electron chi connectivity index (χ1n) is 13.4. The minimum absolute atomic E-state index is 0.0777. The van der Waals surface area contributed by atoms with Crippen LogP contribution in [0.25, 0.3) is 0 Å². The van der Waals surface area contributed by atoms with Crippen LogP contribution in [-0.4, -0.2) is 49.9 Å². The smallest absolute Gasteiger partial charge is 0.180 e. The van der Waals surface area contributed by atoms with Crippen molar-refractivity contribution in [3.8, 4) is 11.5 Å². The molecule has 6 nitrogen and oxygen atoms in total. The van der Waals surface area contributed by atoms with Crippen LogP contribution < -0.4 is 9.47 Å². The summed E-state index contributed by atoms with van der Waals surface area (Å²) >= 11 is 6.77. The van der Waals surface area contributed by atoms with E-state index in [0.717, 1.165) is 29.8 Å². The third-order valence-corrected chi connectivity index (χ3v) is 7.83. The van der Waals surface area contributed by atoms with Crippen molar-refractivity contribution in [2.24, 2.45) is 10.8 Å². The summed E-state index contributed by atoms with van der Waals surface area (Å²) in [5.74, 6) is 0.583. The van der Waals surface area contributed by atoms with Crippen LogP contribution >= 0.6 is 11.6 Å². The van der Waals surface area contributed by atoms with Gasteiger partial charge in [-0.05, 0) is 48.3 Å². The van der Waals surface area contributed by atoms with Crippen molar-refractivity contribution >= 4 is 23.2 Å². The van der Waals surface area contributed by atoms with Crippen molar-refractivity contribution in [2.75, 3.05) is 33.5 Å². The Morgan fingerprint density at radius 2 is 1.58 bits per heavy atom. The van der Waals surface area contributed by atoms with Gasteiger partial charge >= 0.3 is 0 Å². The zero-order chi connectivity index (χ0) is 27.8. The number of nitrogens with zero attached hydrogens (tertiary/aromatic N) is 1. The lowest BCUT2D eigenvalue weighted by Gasteiger charge is -2.49. The van der Waals surface area contributed by atoms with Gasteiger partial charge in [0.2, 0.25) is 0 Å². The van der Waals surface area contributed by atoms with Crippen LogP contribution in [0.1, 0.15) is 71.8 Å². The van der Waals surface area contributed by atoms with Crippen LogP contribution in [0.5, 0.6) is 11.5 Å². The molecule has 2 aliphatic carbocycles. The van der Waals surface area contributed by atoms with Crippen molar-refractivity contribution in [1.82, 2.24) is 4.90 Å². The molecule has 0 unspecified atom stereocenters. The Balaban J connectivity index is 1.99. The molecule has 0 saturated carbocycles. The SMILES string of the molecule is C=CCOc1c(Cl)cc(C2C3=C(CC(C)(C)CC3=O)N(CCOC)C3=C2C(=O)CC(C)(C)C3)cc1OCC. The number of ketones is 2. The highest BCUT2D eigenvalue weighted by molar-refractivity contribution is 6.32. The molecule has 0 bridgehead atoms. The van der Waals surface area contributed by atoms with Gasteiger partial charge in [0.1, 0.15) is 6.61 Å². The molecule has 0 N–H and O–H groups in total. The van der Waals surface area contributed by atoms with Gasteiger partial charge in [0.05, 0.1) is 18.2 Å². The van der Waals surface area contributed by atoms with Gasteiger partial charge in [-0.2, -0.15) is 0 Å². The Morgan fingerprint density at radius 3 is 2.08 bits per heavy atom. The average molecular weight is 542 g/mol. The van der Waals surface area contributed by atoms with Crippen LogP contribution in [0.15, 0.2) is 47.3 Å². The highest BCUT2D eigenvalue weighted by atomic mass is 35.5. The molecule has 4 rings (SSSR count). The van der Waals surface area contributed by atoms with Crippen LogP contribution in [0.3, 0.4) is 0 Å². The van der Waals surface area contributed by atoms with Gasteiger partial charge in [-0.25, -0.2) is 0 Å². The van der Waals surface area contributed by atoms with E-state index in [4.69, 9.17) is 25.8 Å². The predicted octanol–water partition coefficient (Wildman–Crippen LogP) is 6.64. The van der Waals surface area contributed by atoms with Crippen molar-refractivity contribution < 1.29 is 23.8 Å². The summed E-state index contributed by atoms with van der Waals surface area (Å²) in [5.41, 5.74) is 3.80. The molecule has 0 fully saturated rings. The molecule has 3 aliphatic rings. The molecule has 0 atom stereocenters. The van der Waals surface area contributed by atoms with Gasteiger partial charge in [-0.15, -0.1) is 0 Å². The number of hydrogen-bond donors (Lipinski definition) is 0. The topological polar surface area (TPSA) is 65.1 Å².